The fraction of sp³-hybridized carbons (Fsp3) is 0.333. The van der Waals surface area contributed by atoms with Gasteiger partial charge in [-0.2, -0.15) is 4.98 Å². The van der Waals surface area contributed by atoms with Gasteiger partial charge >= 0.3 is 0 Å². The van der Waals surface area contributed by atoms with Crippen LogP contribution in [0.25, 0.3) is 5.57 Å². The molecule has 7 heteroatoms. The van der Waals surface area contributed by atoms with Crippen LogP contribution in [0.2, 0.25) is 0 Å². The molecule has 1 aromatic rings. The van der Waals surface area contributed by atoms with Crippen molar-refractivity contribution >= 4 is 42.0 Å². The monoisotopic (exact) mass is 480 g/mol. The summed E-state index contributed by atoms with van der Waals surface area (Å²) >= 11 is 1.69. The Morgan fingerprint density at radius 1 is 1.15 bits per heavy atom. The number of anilines is 2. The fourth-order valence-corrected chi connectivity index (χ4v) is 3.45. The van der Waals surface area contributed by atoms with Gasteiger partial charge in [-0.3, -0.25) is 9.98 Å². The van der Waals surface area contributed by atoms with Crippen molar-refractivity contribution < 1.29 is 0 Å². The van der Waals surface area contributed by atoms with E-state index in [1.54, 1.807) is 30.4 Å². The lowest BCUT2D eigenvalue weighted by molar-refractivity contribution is 1.11. The maximum atomic E-state index is 5.96. The summed E-state index contributed by atoms with van der Waals surface area (Å²) < 4.78 is 0. The van der Waals surface area contributed by atoms with E-state index in [1.165, 1.54) is 0 Å². The van der Waals surface area contributed by atoms with Gasteiger partial charge in [0.1, 0.15) is 5.82 Å². The summed E-state index contributed by atoms with van der Waals surface area (Å²) in [7, 11) is 0. The molecule has 1 heterocycles. The smallest absolute Gasteiger partial charge is 0.222 e. The van der Waals surface area contributed by atoms with E-state index in [4.69, 9.17) is 5.73 Å². The molecule has 0 spiro atoms. The van der Waals surface area contributed by atoms with Crippen LogP contribution in [0.3, 0.4) is 0 Å². The lowest BCUT2D eigenvalue weighted by atomic mass is 10.1. The summed E-state index contributed by atoms with van der Waals surface area (Å²) in [4.78, 5) is 17.5. The Kier molecular flexibility index (Phi) is 17.5. The number of nitrogen functional groups attached to an aromatic ring is 1. The summed E-state index contributed by atoms with van der Waals surface area (Å²) in [5.41, 5.74) is 8.80. The van der Waals surface area contributed by atoms with E-state index in [-0.39, 0.29) is 5.95 Å². The van der Waals surface area contributed by atoms with Crippen molar-refractivity contribution in [3.05, 3.63) is 77.8 Å². The fourth-order valence-electron chi connectivity index (χ4n) is 2.64. The molecule has 0 aliphatic carbocycles. The predicted octanol–water partition coefficient (Wildman–Crippen LogP) is 7.59. The molecule has 6 nitrogen and oxygen atoms in total. The molecule has 184 valence electrons. The first-order valence-electron chi connectivity index (χ1n) is 11.4. The summed E-state index contributed by atoms with van der Waals surface area (Å²) in [5, 5.41) is 3.66. The van der Waals surface area contributed by atoms with Crippen molar-refractivity contribution in [1.82, 2.24) is 9.97 Å². The third-order valence-corrected chi connectivity index (χ3v) is 5.15. The molecule has 0 fully saturated rings. The van der Waals surface area contributed by atoms with E-state index in [0.717, 1.165) is 28.3 Å². The highest BCUT2D eigenvalue weighted by atomic mass is 32.2. The molecule has 0 aliphatic rings. The van der Waals surface area contributed by atoms with Crippen LogP contribution in [-0.2, 0) is 0 Å². The van der Waals surface area contributed by atoms with Gasteiger partial charge in [0.25, 0.3) is 0 Å². The zero-order valence-corrected chi connectivity index (χ0v) is 22.3. The number of nitrogens with zero attached hydrogens (tertiary/aromatic N) is 4. The molecular weight excluding hydrogens is 440 g/mol. The number of hydrogen-bond donors (Lipinski definition) is 2. The summed E-state index contributed by atoms with van der Waals surface area (Å²) in [6.07, 6.45) is 18.8. The molecule has 0 aromatic carbocycles. The first-order valence-corrected chi connectivity index (χ1v) is 12.3. The molecule has 1 aromatic heterocycles. The van der Waals surface area contributed by atoms with Gasteiger partial charge in [-0.05, 0) is 52.5 Å². The molecule has 1 unspecified atom stereocenters. The predicted molar refractivity (Wildman–Crippen MR) is 155 cm³/mol. The Morgan fingerprint density at radius 2 is 1.88 bits per heavy atom. The van der Waals surface area contributed by atoms with Crippen molar-refractivity contribution in [1.29, 1.82) is 0 Å². The number of nitrogens with two attached hydrogens (primary N) is 1. The van der Waals surface area contributed by atoms with Gasteiger partial charge < -0.3 is 11.1 Å². The Hall–Kier alpha value is -3.19. The van der Waals surface area contributed by atoms with E-state index in [0.29, 0.717) is 17.5 Å². The largest absolute Gasteiger partial charge is 0.368 e. The first kappa shape index (κ1) is 30.8. The van der Waals surface area contributed by atoms with Crippen molar-refractivity contribution in [3.8, 4) is 0 Å². The van der Waals surface area contributed by atoms with Crippen molar-refractivity contribution in [2.24, 2.45) is 9.98 Å². The number of nitrogens with one attached hydrogen (secondary N) is 1. The zero-order chi connectivity index (χ0) is 25.8. The molecule has 0 bridgehead atoms. The second-order valence-corrected chi connectivity index (χ2v) is 8.17. The van der Waals surface area contributed by atoms with Crippen LogP contribution in [-0.4, -0.2) is 28.2 Å². The normalized spacial score (nSPS) is 13.5. The molecule has 1 atom stereocenters. The lowest BCUT2D eigenvalue weighted by Gasteiger charge is -2.12. The Balaban J connectivity index is 0.00000529. The summed E-state index contributed by atoms with van der Waals surface area (Å²) in [6.45, 7) is 19.5. The third kappa shape index (κ3) is 13.4. The highest BCUT2D eigenvalue weighted by molar-refractivity contribution is 8.03. The number of allylic oxidation sites excluding steroid dienone is 6. The molecule has 0 saturated heterocycles. The minimum Gasteiger partial charge on any atom is -0.368 e. The Bertz CT molecular complexity index is 938. The highest BCUT2D eigenvalue weighted by Crippen LogP contribution is 2.23. The average Bonchev–Trinajstić information content (AvgIpc) is 2.82. The Labute approximate surface area is 210 Å². The minimum atomic E-state index is 0.227. The maximum Gasteiger partial charge on any atom is 0.222 e. The second-order valence-electron chi connectivity index (χ2n) is 6.67. The zero-order valence-electron chi connectivity index (χ0n) is 21.5. The molecule has 0 radical (unpaired) electrons. The van der Waals surface area contributed by atoms with E-state index in [1.807, 2.05) is 65.0 Å². The molecule has 1 rings (SSSR count). The van der Waals surface area contributed by atoms with Crippen molar-refractivity contribution in [2.75, 3.05) is 11.1 Å². The summed E-state index contributed by atoms with van der Waals surface area (Å²) in [6, 6.07) is 1.90. The SMILES string of the molecule is C=N/C=C\C/C(=C\C)c1cc(N/C(=C/C)C/C=C\C(C)SC(=C)/C=C\N=CC)nc(N)n1.CC. The van der Waals surface area contributed by atoms with Gasteiger partial charge in [-0.15, -0.1) is 11.8 Å². The van der Waals surface area contributed by atoms with Gasteiger partial charge in [0.05, 0.1) is 5.69 Å². The number of aliphatic imine (C=N–C) groups is 2. The van der Waals surface area contributed by atoms with Crippen LogP contribution in [0.4, 0.5) is 11.8 Å². The van der Waals surface area contributed by atoms with Gasteiger partial charge in [0.15, 0.2) is 0 Å². The molecule has 0 saturated carbocycles. The van der Waals surface area contributed by atoms with E-state index >= 15 is 0 Å². The van der Waals surface area contributed by atoms with Crippen LogP contribution in [0.15, 0.2) is 82.1 Å². The molecule has 34 heavy (non-hydrogen) atoms. The second kappa shape index (κ2) is 19.3. The minimum absolute atomic E-state index is 0.227. The number of hydrogen-bond acceptors (Lipinski definition) is 7. The van der Waals surface area contributed by atoms with E-state index in [2.05, 4.69) is 57.6 Å². The number of thioether (sulfide) groups is 1. The third-order valence-electron chi connectivity index (χ3n) is 4.18. The van der Waals surface area contributed by atoms with Gasteiger partial charge in [0.2, 0.25) is 5.95 Å². The van der Waals surface area contributed by atoms with Crippen LogP contribution < -0.4 is 11.1 Å². The topological polar surface area (TPSA) is 88.5 Å². The van der Waals surface area contributed by atoms with Gasteiger partial charge in [-0.25, -0.2) is 4.98 Å². The molecule has 3 N–H and O–H groups in total. The molecule has 0 amide bonds. The van der Waals surface area contributed by atoms with Crippen LogP contribution in [0.1, 0.15) is 60.1 Å². The molecular formula is C27H40N6S. The number of aromatic nitrogens is 2. The Morgan fingerprint density at radius 3 is 2.50 bits per heavy atom. The van der Waals surface area contributed by atoms with Gasteiger partial charge in [-0.1, -0.05) is 50.8 Å². The number of rotatable bonds is 13. The highest BCUT2D eigenvalue weighted by Gasteiger charge is 2.07. The average molecular weight is 481 g/mol. The quantitative estimate of drug-likeness (QED) is 0.172. The van der Waals surface area contributed by atoms with Crippen molar-refractivity contribution in [3.63, 3.8) is 0 Å². The maximum absolute atomic E-state index is 5.96. The summed E-state index contributed by atoms with van der Waals surface area (Å²) in [5.74, 6) is 0.891. The van der Waals surface area contributed by atoms with E-state index < -0.39 is 0 Å². The van der Waals surface area contributed by atoms with Gasteiger partial charge in [0, 0.05) is 47.0 Å². The first-order chi connectivity index (χ1) is 16.4. The molecule has 0 aliphatic heterocycles. The lowest BCUT2D eigenvalue weighted by Crippen LogP contribution is -2.06. The van der Waals surface area contributed by atoms with Crippen LogP contribution in [0.5, 0.6) is 0 Å². The van der Waals surface area contributed by atoms with Crippen LogP contribution >= 0.6 is 11.8 Å². The standard InChI is InChI=1S/C25H34N6S.C2H6/c1-7-21(13-11-16-27-6)23-18-24(31-25(26)30-23)29-22(8-2)14-10-12-19(4)32-20(5)15-17-28-9-3;1-2/h7-12,15-19H,5-6,13-14H2,1-4H3,(H3,26,29,30,31);1-2H3/b12-10-,16-11-,17-15-,21-7+,22-8+,28-9?;. The van der Waals surface area contributed by atoms with E-state index in [9.17, 15) is 0 Å². The van der Waals surface area contributed by atoms with Crippen LogP contribution in [0, 0.1) is 0 Å². The van der Waals surface area contributed by atoms with Crippen molar-refractivity contribution in [2.45, 2.75) is 59.6 Å².